The number of benzene rings is 1. The predicted molar refractivity (Wildman–Crippen MR) is 61.0 cm³/mol. The number of amides is 2. The van der Waals surface area contributed by atoms with Crippen LogP contribution in [0.25, 0.3) is 0 Å². The fourth-order valence-corrected chi connectivity index (χ4v) is 1.71. The third kappa shape index (κ3) is 2.21. The molecule has 1 aliphatic heterocycles. The molecule has 0 saturated carbocycles. The van der Waals surface area contributed by atoms with Gasteiger partial charge in [-0.05, 0) is 24.1 Å². The summed E-state index contributed by atoms with van der Waals surface area (Å²) in [6.07, 6.45) is 1.21. The molecule has 0 aliphatic carbocycles. The second-order valence-corrected chi connectivity index (χ2v) is 3.86. The van der Waals surface area contributed by atoms with E-state index in [2.05, 4.69) is 17.6 Å². The van der Waals surface area contributed by atoms with Crippen molar-refractivity contribution in [2.45, 2.75) is 25.8 Å². The molecule has 1 atom stereocenters. The summed E-state index contributed by atoms with van der Waals surface area (Å²) in [5.74, 6) is -0.461. The summed E-state index contributed by atoms with van der Waals surface area (Å²) in [7, 11) is 0. The molecule has 1 aromatic carbocycles. The highest BCUT2D eigenvalue weighted by molar-refractivity contribution is 6.06. The van der Waals surface area contributed by atoms with Gasteiger partial charge in [0.05, 0.1) is 6.42 Å². The lowest BCUT2D eigenvalue weighted by Gasteiger charge is -2.10. The lowest BCUT2D eigenvalue weighted by atomic mass is 10.1. The normalized spacial score (nSPS) is 19.7. The van der Waals surface area contributed by atoms with E-state index in [1.807, 2.05) is 24.3 Å². The largest absolute Gasteiger partial charge is 0.373 e. The summed E-state index contributed by atoms with van der Waals surface area (Å²) in [6, 6.07) is 7.44. The number of hydrogen-bond donors (Lipinski definition) is 2. The van der Waals surface area contributed by atoms with Crippen LogP contribution in [0.2, 0.25) is 0 Å². The molecular formula is C12H14N2O2. The minimum atomic E-state index is -0.431. The Hall–Kier alpha value is -1.84. The molecule has 84 valence electrons. The van der Waals surface area contributed by atoms with Gasteiger partial charge in [-0.25, -0.2) is 0 Å². The summed E-state index contributed by atoms with van der Waals surface area (Å²) < 4.78 is 0. The zero-order valence-corrected chi connectivity index (χ0v) is 9.12. The number of aryl methyl sites for hydroxylation is 1. The topological polar surface area (TPSA) is 58.2 Å². The zero-order valence-electron chi connectivity index (χ0n) is 9.12. The second kappa shape index (κ2) is 4.35. The Labute approximate surface area is 94.0 Å². The summed E-state index contributed by atoms with van der Waals surface area (Å²) in [4.78, 5) is 22.3. The average molecular weight is 218 g/mol. The molecule has 1 saturated heterocycles. The Bertz CT molecular complexity index is 412. The molecule has 2 amide bonds. The van der Waals surface area contributed by atoms with Crippen molar-refractivity contribution in [1.29, 1.82) is 0 Å². The van der Waals surface area contributed by atoms with Crippen molar-refractivity contribution in [1.82, 2.24) is 5.32 Å². The van der Waals surface area contributed by atoms with Crippen LogP contribution in [-0.4, -0.2) is 17.9 Å². The monoisotopic (exact) mass is 218 g/mol. The average Bonchev–Trinajstić information content (AvgIpc) is 2.59. The molecule has 0 radical (unpaired) electrons. The fourth-order valence-electron chi connectivity index (χ4n) is 1.71. The van der Waals surface area contributed by atoms with Gasteiger partial charge in [0.1, 0.15) is 6.04 Å². The maximum absolute atomic E-state index is 11.3. The molecule has 16 heavy (non-hydrogen) atoms. The highest BCUT2D eigenvalue weighted by Gasteiger charge is 2.30. The zero-order chi connectivity index (χ0) is 11.5. The van der Waals surface area contributed by atoms with Crippen LogP contribution in [0.5, 0.6) is 0 Å². The third-order valence-corrected chi connectivity index (χ3v) is 2.67. The maximum Gasteiger partial charge on any atom is 0.249 e. The van der Waals surface area contributed by atoms with Crippen molar-refractivity contribution >= 4 is 17.5 Å². The first-order valence-corrected chi connectivity index (χ1v) is 5.38. The number of imide groups is 1. The van der Waals surface area contributed by atoms with Gasteiger partial charge in [-0.3, -0.25) is 14.9 Å². The van der Waals surface area contributed by atoms with Crippen LogP contribution in [-0.2, 0) is 16.0 Å². The van der Waals surface area contributed by atoms with Crippen LogP contribution in [0.1, 0.15) is 18.9 Å². The van der Waals surface area contributed by atoms with Gasteiger partial charge in [0.2, 0.25) is 11.8 Å². The molecule has 1 heterocycles. The van der Waals surface area contributed by atoms with Gasteiger partial charge in [-0.15, -0.1) is 0 Å². The van der Waals surface area contributed by atoms with Gasteiger partial charge in [-0.1, -0.05) is 19.1 Å². The molecule has 4 heteroatoms. The summed E-state index contributed by atoms with van der Waals surface area (Å²) in [6.45, 7) is 2.09. The van der Waals surface area contributed by atoms with E-state index in [0.717, 1.165) is 12.1 Å². The maximum atomic E-state index is 11.3. The quantitative estimate of drug-likeness (QED) is 0.746. The molecule has 0 unspecified atom stereocenters. The van der Waals surface area contributed by atoms with Crippen LogP contribution >= 0.6 is 0 Å². The van der Waals surface area contributed by atoms with E-state index in [1.165, 1.54) is 5.56 Å². The van der Waals surface area contributed by atoms with E-state index < -0.39 is 6.04 Å². The minimum Gasteiger partial charge on any atom is -0.373 e. The van der Waals surface area contributed by atoms with Gasteiger partial charge < -0.3 is 5.32 Å². The first-order valence-electron chi connectivity index (χ1n) is 5.38. The molecule has 0 aromatic heterocycles. The molecule has 2 rings (SSSR count). The van der Waals surface area contributed by atoms with Crippen LogP contribution in [0.4, 0.5) is 5.69 Å². The number of carbonyl (C=O) groups is 2. The second-order valence-electron chi connectivity index (χ2n) is 3.86. The molecular weight excluding hydrogens is 204 g/mol. The standard InChI is InChI=1S/C12H14N2O2/c1-2-8-3-5-9(6-4-8)13-10-7-11(15)14-12(10)16/h3-6,10,13H,2,7H2,1H3,(H,14,15,16)/t10-/m1/s1. The van der Waals surface area contributed by atoms with E-state index in [9.17, 15) is 9.59 Å². The van der Waals surface area contributed by atoms with E-state index in [0.29, 0.717) is 0 Å². The molecule has 0 spiro atoms. The van der Waals surface area contributed by atoms with Gasteiger partial charge in [-0.2, -0.15) is 0 Å². The smallest absolute Gasteiger partial charge is 0.249 e. The summed E-state index contributed by atoms with van der Waals surface area (Å²) >= 11 is 0. The first-order chi connectivity index (χ1) is 7.69. The predicted octanol–water partition coefficient (Wildman–Crippen LogP) is 1.08. The first kappa shape index (κ1) is 10.7. The summed E-state index contributed by atoms with van der Waals surface area (Å²) in [5.41, 5.74) is 2.12. The molecule has 1 aromatic rings. The molecule has 4 nitrogen and oxygen atoms in total. The van der Waals surface area contributed by atoms with Gasteiger partial charge in [0.15, 0.2) is 0 Å². The lowest BCUT2D eigenvalue weighted by molar-refractivity contribution is -0.124. The van der Waals surface area contributed by atoms with E-state index in [-0.39, 0.29) is 18.2 Å². The molecule has 1 aliphatic rings. The molecule has 1 fully saturated rings. The minimum absolute atomic E-state index is 0.215. The SMILES string of the molecule is CCc1ccc(N[C@@H]2CC(=O)NC2=O)cc1. The van der Waals surface area contributed by atoms with Crippen LogP contribution in [0, 0.1) is 0 Å². The Morgan fingerprint density at radius 2 is 2.00 bits per heavy atom. The highest BCUT2D eigenvalue weighted by atomic mass is 16.2. The van der Waals surface area contributed by atoms with Crippen LogP contribution < -0.4 is 10.6 Å². The number of carbonyl (C=O) groups excluding carboxylic acids is 2. The Morgan fingerprint density at radius 3 is 2.50 bits per heavy atom. The van der Waals surface area contributed by atoms with Crippen molar-refractivity contribution in [2.75, 3.05) is 5.32 Å². The number of hydrogen-bond acceptors (Lipinski definition) is 3. The van der Waals surface area contributed by atoms with E-state index in [4.69, 9.17) is 0 Å². The van der Waals surface area contributed by atoms with Crippen molar-refractivity contribution in [3.05, 3.63) is 29.8 Å². The van der Waals surface area contributed by atoms with E-state index in [1.54, 1.807) is 0 Å². The molecule has 0 bridgehead atoms. The van der Waals surface area contributed by atoms with Crippen molar-refractivity contribution in [3.63, 3.8) is 0 Å². The van der Waals surface area contributed by atoms with Crippen LogP contribution in [0.3, 0.4) is 0 Å². The number of rotatable bonds is 3. The van der Waals surface area contributed by atoms with Crippen molar-refractivity contribution < 1.29 is 9.59 Å². The van der Waals surface area contributed by atoms with Gasteiger partial charge >= 0.3 is 0 Å². The van der Waals surface area contributed by atoms with Gasteiger partial charge in [0, 0.05) is 5.69 Å². The summed E-state index contributed by atoms with van der Waals surface area (Å²) in [5, 5.41) is 5.31. The third-order valence-electron chi connectivity index (χ3n) is 2.67. The Morgan fingerprint density at radius 1 is 1.31 bits per heavy atom. The van der Waals surface area contributed by atoms with Crippen molar-refractivity contribution in [3.8, 4) is 0 Å². The lowest BCUT2D eigenvalue weighted by Crippen LogP contribution is -2.29. The van der Waals surface area contributed by atoms with Gasteiger partial charge in [0.25, 0.3) is 0 Å². The highest BCUT2D eigenvalue weighted by Crippen LogP contribution is 2.14. The molecule has 2 N–H and O–H groups in total. The Balaban J connectivity index is 2.03. The van der Waals surface area contributed by atoms with Crippen molar-refractivity contribution in [2.24, 2.45) is 0 Å². The fraction of sp³-hybridized carbons (Fsp3) is 0.333. The number of anilines is 1. The number of nitrogens with one attached hydrogen (secondary N) is 2. The van der Waals surface area contributed by atoms with Crippen LogP contribution in [0.15, 0.2) is 24.3 Å². The Kier molecular flexibility index (Phi) is 2.90. The van der Waals surface area contributed by atoms with E-state index >= 15 is 0 Å².